The number of carboxylic acids is 1. The zero-order valence-corrected chi connectivity index (χ0v) is 14.7. The van der Waals surface area contributed by atoms with E-state index in [0.29, 0.717) is 16.5 Å². The molecular formula is C19H21ClO4. The molecule has 0 amide bonds. The van der Waals surface area contributed by atoms with Crippen LogP contribution in [-0.4, -0.2) is 24.3 Å². The Morgan fingerprint density at radius 2 is 1.88 bits per heavy atom. The van der Waals surface area contributed by atoms with Crippen molar-refractivity contribution in [1.82, 2.24) is 0 Å². The van der Waals surface area contributed by atoms with Crippen LogP contribution in [0.3, 0.4) is 0 Å². The maximum absolute atomic E-state index is 11.6. The van der Waals surface area contributed by atoms with Crippen molar-refractivity contribution in [1.29, 1.82) is 0 Å². The third kappa shape index (κ3) is 4.42. The van der Waals surface area contributed by atoms with Gasteiger partial charge in [0.05, 0.1) is 12.1 Å². The second-order valence-electron chi connectivity index (χ2n) is 5.81. The largest absolute Gasteiger partial charge is 0.495 e. The van der Waals surface area contributed by atoms with Crippen LogP contribution in [0.5, 0.6) is 11.5 Å². The summed E-state index contributed by atoms with van der Waals surface area (Å²) in [4.78, 5) is 11.6. The summed E-state index contributed by atoms with van der Waals surface area (Å²) in [5, 5.41) is 9.96. The van der Waals surface area contributed by atoms with Gasteiger partial charge in [0.1, 0.15) is 11.5 Å². The molecule has 0 aliphatic rings. The highest BCUT2D eigenvalue weighted by molar-refractivity contribution is 6.32. The van der Waals surface area contributed by atoms with E-state index in [1.54, 1.807) is 24.3 Å². The van der Waals surface area contributed by atoms with Crippen molar-refractivity contribution in [2.75, 3.05) is 7.11 Å². The lowest BCUT2D eigenvalue weighted by Gasteiger charge is -2.19. The molecule has 0 fully saturated rings. The number of hydrogen-bond donors (Lipinski definition) is 1. The molecule has 1 N–H and O–H groups in total. The number of aliphatic carboxylic acids is 1. The van der Waals surface area contributed by atoms with E-state index in [1.807, 2.05) is 32.0 Å². The van der Waals surface area contributed by atoms with Gasteiger partial charge >= 0.3 is 5.97 Å². The first-order valence-corrected chi connectivity index (χ1v) is 8.11. The summed E-state index contributed by atoms with van der Waals surface area (Å²) in [6.45, 7) is 4.09. The SMILES string of the molecule is COc1ccc(C[C@@H](Oc2ccccc2C(C)C)C(=O)O)cc1Cl. The zero-order chi connectivity index (χ0) is 17.7. The smallest absolute Gasteiger partial charge is 0.345 e. The van der Waals surface area contributed by atoms with E-state index in [-0.39, 0.29) is 12.3 Å². The van der Waals surface area contributed by atoms with Crippen LogP contribution in [0.25, 0.3) is 0 Å². The van der Waals surface area contributed by atoms with Crippen molar-refractivity contribution in [3.63, 3.8) is 0 Å². The number of halogens is 1. The van der Waals surface area contributed by atoms with E-state index in [2.05, 4.69) is 0 Å². The molecule has 4 nitrogen and oxygen atoms in total. The van der Waals surface area contributed by atoms with Gasteiger partial charge in [0.15, 0.2) is 6.10 Å². The molecule has 2 rings (SSSR count). The van der Waals surface area contributed by atoms with E-state index in [1.165, 1.54) is 7.11 Å². The molecule has 1 atom stereocenters. The number of para-hydroxylation sites is 1. The summed E-state index contributed by atoms with van der Waals surface area (Å²) in [5.41, 5.74) is 1.76. The predicted octanol–water partition coefficient (Wildman–Crippen LogP) is 4.55. The van der Waals surface area contributed by atoms with E-state index in [9.17, 15) is 9.90 Å². The Balaban J connectivity index is 2.22. The molecule has 0 heterocycles. The Morgan fingerprint density at radius 1 is 1.17 bits per heavy atom. The first kappa shape index (κ1) is 18.1. The lowest BCUT2D eigenvalue weighted by atomic mass is 10.0. The number of rotatable bonds is 7. The van der Waals surface area contributed by atoms with Gasteiger partial charge in [0.2, 0.25) is 0 Å². The van der Waals surface area contributed by atoms with Gasteiger partial charge in [-0.1, -0.05) is 49.7 Å². The topological polar surface area (TPSA) is 55.8 Å². The first-order chi connectivity index (χ1) is 11.4. The Bertz CT molecular complexity index is 712. The van der Waals surface area contributed by atoms with E-state index >= 15 is 0 Å². The molecular weight excluding hydrogens is 328 g/mol. The molecule has 0 saturated heterocycles. The summed E-state index contributed by atoms with van der Waals surface area (Å²) >= 11 is 6.11. The average Bonchev–Trinajstić information content (AvgIpc) is 2.54. The number of hydrogen-bond acceptors (Lipinski definition) is 3. The minimum atomic E-state index is -1.01. The fraction of sp³-hybridized carbons (Fsp3) is 0.316. The molecule has 0 aromatic heterocycles. The highest BCUT2D eigenvalue weighted by Gasteiger charge is 2.22. The van der Waals surface area contributed by atoms with Gasteiger partial charge in [-0.25, -0.2) is 4.79 Å². The summed E-state index contributed by atoms with van der Waals surface area (Å²) < 4.78 is 10.9. The third-order valence-electron chi connectivity index (χ3n) is 3.72. The normalized spacial score (nSPS) is 12.0. The number of methoxy groups -OCH3 is 1. The summed E-state index contributed by atoms with van der Waals surface area (Å²) in [7, 11) is 1.53. The van der Waals surface area contributed by atoms with Crippen LogP contribution in [0.2, 0.25) is 5.02 Å². The molecule has 2 aromatic carbocycles. The lowest BCUT2D eigenvalue weighted by molar-refractivity contribution is -0.145. The quantitative estimate of drug-likeness (QED) is 0.797. The molecule has 2 aromatic rings. The molecule has 0 aliphatic carbocycles. The highest BCUT2D eigenvalue weighted by Crippen LogP contribution is 2.29. The van der Waals surface area contributed by atoms with E-state index < -0.39 is 12.1 Å². The minimum absolute atomic E-state index is 0.214. The Labute approximate surface area is 147 Å². The Kier molecular flexibility index (Phi) is 6.10. The van der Waals surface area contributed by atoms with Gasteiger partial charge in [-0.2, -0.15) is 0 Å². The van der Waals surface area contributed by atoms with E-state index in [4.69, 9.17) is 21.1 Å². The highest BCUT2D eigenvalue weighted by atomic mass is 35.5. The predicted molar refractivity (Wildman–Crippen MR) is 94.3 cm³/mol. The van der Waals surface area contributed by atoms with Crippen LogP contribution in [0.1, 0.15) is 30.9 Å². The second-order valence-corrected chi connectivity index (χ2v) is 6.22. The molecule has 0 unspecified atom stereocenters. The van der Waals surface area contributed by atoms with Crippen LogP contribution >= 0.6 is 11.6 Å². The molecule has 24 heavy (non-hydrogen) atoms. The number of benzene rings is 2. The third-order valence-corrected chi connectivity index (χ3v) is 4.02. The summed E-state index contributed by atoms with van der Waals surface area (Å²) in [5.74, 6) is 0.379. The fourth-order valence-electron chi connectivity index (χ4n) is 2.45. The molecule has 0 aliphatic heterocycles. The van der Waals surface area contributed by atoms with Crippen LogP contribution in [-0.2, 0) is 11.2 Å². The molecule has 128 valence electrons. The van der Waals surface area contributed by atoms with Crippen molar-refractivity contribution < 1.29 is 19.4 Å². The minimum Gasteiger partial charge on any atom is -0.495 e. The first-order valence-electron chi connectivity index (χ1n) is 7.73. The standard InChI is InChI=1S/C19H21ClO4/c1-12(2)14-6-4-5-7-16(14)24-18(19(21)22)11-13-8-9-17(23-3)15(20)10-13/h4-10,12,18H,11H2,1-3H3,(H,21,22)/t18-/m1/s1. The number of carboxylic acid groups (broad SMARTS) is 1. The van der Waals surface area contributed by atoms with Crippen LogP contribution in [0.15, 0.2) is 42.5 Å². The maximum Gasteiger partial charge on any atom is 0.345 e. The van der Waals surface area contributed by atoms with Crippen LogP contribution in [0, 0.1) is 0 Å². The Morgan fingerprint density at radius 3 is 2.46 bits per heavy atom. The average molecular weight is 349 g/mol. The second kappa shape index (κ2) is 8.06. The lowest BCUT2D eigenvalue weighted by Crippen LogP contribution is -2.29. The zero-order valence-electron chi connectivity index (χ0n) is 14.0. The van der Waals surface area contributed by atoms with Crippen LogP contribution in [0.4, 0.5) is 0 Å². The molecule has 5 heteroatoms. The van der Waals surface area contributed by atoms with Gasteiger partial charge in [0, 0.05) is 6.42 Å². The molecule has 0 bridgehead atoms. The van der Waals surface area contributed by atoms with Gasteiger partial charge in [-0.15, -0.1) is 0 Å². The molecule has 0 saturated carbocycles. The van der Waals surface area contributed by atoms with Crippen LogP contribution < -0.4 is 9.47 Å². The molecule has 0 spiro atoms. The summed E-state index contributed by atoms with van der Waals surface area (Å²) in [6.07, 6.45) is -0.778. The monoisotopic (exact) mass is 348 g/mol. The fourth-order valence-corrected chi connectivity index (χ4v) is 2.73. The van der Waals surface area contributed by atoms with Crippen molar-refractivity contribution >= 4 is 17.6 Å². The van der Waals surface area contributed by atoms with Crippen molar-refractivity contribution in [3.8, 4) is 11.5 Å². The maximum atomic E-state index is 11.6. The number of ether oxygens (including phenoxy) is 2. The number of carbonyl (C=O) groups is 1. The van der Waals surface area contributed by atoms with Crippen molar-refractivity contribution in [2.24, 2.45) is 0 Å². The van der Waals surface area contributed by atoms with Gasteiger partial charge in [0.25, 0.3) is 0 Å². The van der Waals surface area contributed by atoms with Gasteiger partial charge in [-0.05, 0) is 35.2 Å². The Hall–Kier alpha value is -2.20. The summed E-state index contributed by atoms with van der Waals surface area (Å²) in [6, 6.07) is 12.7. The van der Waals surface area contributed by atoms with Crippen molar-refractivity contribution in [2.45, 2.75) is 32.3 Å². The van der Waals surface area contributed by atoms with Gasteiger partial charge < -0.3 is 14.6 Å². The van der Waals surface area contributed by atoms with Crippen molar-refractivity contribution in [3.05, 3.63) is 58.6 Å². The molecule has 0 radical (unpaired) electrons. The van der Waals surface area contributed by atoms with Gasteiger partial charge in [-0.3, -0.25) is 0 Å². The van der Waals surface area contributed by atoms with E-state index in [0.717, 1.165) is 11.1 Å².